The topological polar surface area (TPSA) is 43.4 Å². The number of hydrogen-bond donors (Lipinski definition) is 0. The van der Waals surface area contributed by atoms with Gasteiger partial charge in [0, 0.05) is 5.56 Å². The van der Waals surface area contributed by atoms with Crippen molar-refractivity contribution in [2.24, 2.45) is 0 Å². The van der Waals surface area contributed by atoms with Crippen molar-refractivity contribution < 1.29 is 14.3 Å². The molecular formula is C15H20O3. The molecule has 1 rings (SSSR count). The van der Waals surface area contributed by atoms with Gasteiger partial charge in [0.1, 0.15) is 5.57 Å². The number of carbonyl (C=O) groups excluding carboxylic acids is 2. The van der Waals surface area contributed by atoms with Gasteiger partial charge in [-0.1, -0.05) is 49.8 Å². The van der Waals surface area contributed by atoms with E-state index >= 15 is 0 Å². The lowest BCUT2D eigenvalue weighted by Gasteiger charge is -2.04. The number of benzene rings is 1. The van der Waals surface area contributed by atoms with Crippen LogP contribution >= 0.6 is 0 Å². The molecular weight excluding hydrogens is 228 g/mol. The molecule has 0 saturated carbocycles. The Morgan fingerprint density at radius 1 is 1.11 bits per heavy atom. The molecule has 1 aromatic rings. The summed E-state index contributed by atoms with van der Waals surface area (Å²) in [6.07, 6.45) is 1.47. The standard InChI is InChI=1S/C13H14O3.C2H6/c1-4-11(13(15)16-3)12(14)10-7-5-9(2)6-8-10;1-2/h4-8H,1-3H3;1-2H3/b11-4-;. The first-order valence-corrected chi connectivity index (χ1v) is 5.96. The van der Waals surface area contributed by atoms with Gasteiger partial charge in [-0.25, -0.2) is 4.79 Å². The molecule has 0 aromatic heterocycles. The van der Waals surface area contributed by atoms with Crippen LogP contribution < -0.4 is 0 Å². The van der Waals surface area contributed by atoms with Crippen LogP contribution in [0, 0.1) is 6.92 Å². The van der Waals surface area contributed by atoms with E-state index in [-0.39, 0.29) is 11.4 Å². The van der Waals surface area contributed by atoms with Crippen LogP contribution in [-0.4, -0.2) is 18.9 Å². The van der Waals surface area contributed by atoms with E-state index in [1.807, 2.05) is 32.9 Å². The van der Waals surface area contributed by atoms with Crippen molar-refractivity contribution in [2.75, 3.05) is 7.11 Å². The highest BCUT2D eigenvalue weighted by Gasteiger charge is 2.18. The van der Waals surface area contributed by atoms with Gasteiger partial charge in [0.25, 0.3) is 0 Å². The average molecular weight is 248 g/mol. The molecule has 0 spiro atoms. The quantitative estimate of drug-likeness (QED) is 0.271. The third-order valence-electron chi connectivity index (χ3n) is 2.25. The molecule has 1 aromatic carbocycles. The monoisotopic (exact) mass is 248 g/mol. The summed E-state index contributed by atoms with van der Waals surface area (Å²) in [4.78, 5) is 23.2. The zero-order chi connectivity index (χ0) is 14.1. The molecule has 0 unspecified atom stereocenters. The molecule has 0 aliphatic carbocycles. The summed E-state index contributed by atoms with van der Waals surface area (Å²) in [5.74, 6) is -0.914. The molecule has 0 N–H and O–H groups in total. The zero-order valence-corrected chi connectivity index (χ0v) is 11.6. The van der Waals surface area contributed by atoms with Crippen molar-refractivity contribution >= 4 is 11.8 Å². The minimum absolute atomic E-state index is 0.0614. The molecule has 0 saturated heterocycles. The molecule has 0 radical (unpaired) electrons. The number of methoxy groups -OCH3 is 1. The molecule has 0 aliphatic rings. The molecule has 0 amide bonds. The van der Waals surface area contributed by atoms with Crippen molar-refractivity contribution in [1.29, 1.82) is 0 Å². The molecule has 0 heterocycles. The number of rotatable bonds is 3. The number of carbonyl (C=O) groups is 2. The van der Waals surface area contributed by atoms with E-state index in [0.717, 1.165) is 5.56 Å². The Hall–Kier alpha value is -1.90. The van der Waals surface area contributed by atoms with Crippen molar-refractivity contribution in [3.05, 3.63) is 47.0 Å². The number of allylic oxidation sites excluding steroid dienone is 1. The smallest absolute Gasteiger partial charge is 0.341 e. The number of ether oxygens (including phenoxy) is 1. The summed E-state index contributed by atoms with van der Waals surface area (Å²) in [6, 6.07) is 7.06. The lowest BCUT2D eigenvalue weighted by molar-refractivity contribution is -0.135. The maximum Gasteiger partial charge on any atom is 0.341 e. The van der Waals surface area contributed by atoms with E-state index in [1.165, 1.54) is 13.2 Å². The highest BCUT2D eigenvalue weighted by atomic mass is 16.5. The van der Waals surface area contributed by atoms with Crippen molar-refractivity contribution in [3.63, 3.8) is 0 Å². The Bertz CT molecular complexity index is 428. The van der Waals surface area contributed by atoms with Crippen LogP contribution in [0.15, 0.2) is 35.9 Å². The van der Waals surface area contributed by atoms with Crippen LogP contribution in [0.2, 0.25) is 0 Å². The molecule has 18 heavy (non-hydrogen) atoms. The van der Waals surface area contributed by atoms with Crippen LogP contribution in [0.1, 0.15) is 36.7 Å². The summed E-state index contributed by atoms with van der Waals surface area (Å²) in [6.45, 7) is 7.57. The van der Waals surface area contributed by atoms with E-state index in [0.29, 0.717) is 5.56 Å². The predicted molar refractivity (Wildman–Crippen MR) is 72.6 cm³/mol. The fraction of sp³-hybridized carbons (Fsp3) is 0.333. The minimum atomic E-state index is -0.604. The van der Waals surface area contributed by atoms with Crippen LogP contribution in [0.4, 0.5) is 0 Å². The van der Waals surface area contributed by atoms with Gasteiger partial charge in [-0.3, -0.25) is 4.79 Å². The molecule has 0 aliphatic heterocycles. The first-order valence-electron chi connectivity index (χ1n) is 5.96. The summed E-state index contributed by atoms with van der Waals surface area (Å²) < 4.78 is 4.54. The summed E-state index contributed by atoms with van der Waals surface area (Å²) in [5.41, 5.74) is 1.62. The van der Waals surface area contributed by atoms with Crippen LogP contribution in [0.3, 0.4) is 0 Å². The predicted octanol–water partition coefficient (Wildman–Crippen LogP) is 3.32. The van der Waals surface area contributed by atoms with Gasteiger partial charge >= 0.3 is 5.97 Å². The second kappa shape index (κ2) is 8.23. The van der Waals surface area contributed by atoms with E-state index in [2.05, 4.69) is 4.74 Å². The van der Waals surface area contributed by atoms with E-state index < -0.39 is 5.97 Å². The third-order valence-corrected chi connectivity index (χ3v) is 2.25. The molecule has 3 heteroatoms. The first kappa shape index (κ1) is 16.1. The molecule has 0 bridgehead atoms. The summed E-state index contributed by atoms with van der Waals surface area (Å²) >= 11 is 0. The fourth-order valence-corrected chi connectivity index (χ4v) is 1.31. The number of Topliss-reactive ketones (excluding diaryl/α,β-unsaturated/α-hetero) is 1. The highest BCUT2D eigenvalue weighted by molar-refractivity contribution is 6.24. The van der Waals surface area contributed by atoms with Crippen molar-refractivity contribution in [1.82, 2.24) is 0 Å². The van der Waals surface area contributed by atoms with Crippen molar-refractivity contribution in [2.45, 2.75) is 27.7 Å². The Kier molecular flexibility index (Phi) is 7.36. The second-order valence-corrected chi connectivity index (χ2v) is 3.39. The molecule has 3 nitrogen and oxygen atoms in total. The third kappa shape index (κ3) is 4.17. The van der Waals surface area contributed by atoms with Gasteiger partial charge in [-0.15, -0.1) is 0 Å². The van der Waals surface area contributed by atoms with E-state index in [4.69, 9.17) is 0 Å². The molecule has 0 atom stereocenters. The average Bonchev–Trinajstić information content (AvgIpc) is 2.42. The summed E-state index contributed by atoms with van der Waals surface area (Å²) in [7, 11) is 1.26. The zero-order valence-electron chi connectivity index (χ0n) is 11.6. The van der Waals surface area contributed by atoms with Gasteiger partial charge in [0.05, 0.1) is 7.11 Å². The van der Waals surface area contributed by atoms with Gasteiger partial charge in [0.2, 0.25) is 0 Å². The number of hydrogen-bond acceptors (Lipinski definition) is 3. The second-order valence-electron chi connectivity index (χ2n) is 3.39. The number of aryl methyl sites for hydroxylation is 1. The fourth-order valence-electron chi connectivity index (χ4n) is 1.31. The van der Waals surface area contributed by atoms with Gasteiger partial charge in [-0.2, -0.15) is 0 Å². The van der Waals surface area contributed by atoms with Crippen LogP contribution in [0.5, 0.6) is 0 Å². The normalized spacial score (nSPS) is 10.2. The first-order chi connectivity index (χ1) is 8.60. The van der Waals surface area contributed by atoms with Gasteiger partial charge in [0.15, 0.2) is 5.78 Å². The lowest BCUT2D eigenvalue weighted by Crippen LogP contribution is -2.14. The van der Waals surface area contributed by atoms with Crippen LogP contribution in [-0.2, 0) is 9.53 Å². The minimum Gasteiger partial charge on any atom is -0.465 e. The SMILES string of the molecule is C/C=C(\C(=O)OC)C(=O)c1ccc(C)cc1.CC. The van der Waals surface area contributed by atoms with E-state index in [1.54, 1.807) is 19.1 Å². The largest absolute Gasteiger partial charge is 0.465 e. The maximum absolute atomic E-state index is 11.9. The number of ketones is 1. The molecule has 0 fully saturated rings. The highest BCUT2D eigenvalue weighted by Crippen LogP contribution is 2.11. The Morgan fingerprint density at radius 3 is 2.00 bits per heavy atom. The Balaban J connectivity index is 0.00000137. The Labute approximate surface area is 108 Å². The van der Waals surface area contributed by atoms with Gasteiger partial charge < -0.3 is 4.74 Å². The lowest BCUT2D eigenvalue weighted by atomic mass is 10.0. The van der Waals surface area contributed by atoms with Crippen molar-refractivity contribution in [3.8, 4) is 0 Å². The molecule has 98 valence electrons. The Morgan fingerprint density at radius 2 is 1.61 bits per heavy atom. The van der Waals surface area contributed by atoms with Crippen LogP contribution in [0.25, 0.3) is 0 Å². The maximum atomic E-state index is 11.9. The van der Waals surface area contributed by atoms with E-state index in [9.17, 15) is 9.59 Å². The number of esters is 1. The van der Waals surface area contributed by atoms with Gasteiger partial charge in [-0.05, 0) is 13.8 Å². The summed E-state index contributed by atoms with van der Waals surface area (Å²) in [5, 5.41) is 0.